The Bertz CT molecular complexity index is 1370. The fourth-order valence-corrected chi connectivity index (χ4v) is 6.33. The van der Waals surface area contributed by atoms with Crippen LogP contribution in [0.2, 0.25) is 5.02 Å². The van der Waals surface area contributed by atoms with Gasteiger partial charge in [0.25, 0.3) is 11.8 Å². The molecule has 190 valence electrons. The summed E-state index contributed by atoms with van der Waals surface area (Å²) >= 11 is 6.14. The second-order valence-electron chi connectivity index (χ2n) is 10.4. The smallest absolute Gasteiger partial charge is 0.265 e. The van der Waals surface area contributed by atoms with E-state index in [0.29, 0.717) is 33.1 Å². The lowest BCUT2D eigenvalue weighted by molar-refractivity contribution is -0.137. The first kappa shape index (κ1) is 24.0. The Morgan fingerprint density at radius 1 is 0.838 bits per heavy atom. The first-order valence-corrected chi connectivity index (χ1v) is 13.6. The molecule has 0 bridgehead atoms. The molecule has 3 amide bonds. The third kappa shape index (κ3) is 4.37. The number of hydrogen-bond donors (Lipinski definition) is 1. The number of likely N-dealkylation sites (tertiary alicyclic amines) is 1. The molecule has 1 N–H and O–H groups in total. The molecule has 2 fully saturated rings. The largest absolute Gasteiger partial charge is 0.382 e. The van der Waals surface area contributed by atoms with E-state index in [-0.39, 0.29) is 23.8 Å². The predicted octanol–water partition coefficient (Wildman–Crippen LogP) is 6.28. The van der Waals surface area contributed by atoms with E-state index >= 15 is 0 Å². The second kappa shape index (κ2) is 9.82. The number of imide groups is 1. The molecule has 1 aliphatic carbocycles. The summed E-state index contributed by atoms with van der Waals surface area (Å²) in [5.41, 5.74) is 2.38. The monoisotopic (exact) mass is 515 g/mol. The van der Waals surface area contributed by atoms with E-state index in [1.54, 1.807) is 30.3 Å². The van der Waals surface area contributed by atoms with Crippen LogP contribution in [0.25, 0.3) is 10.8 Å². The number of hydrogen-bond acceptors (Lipinski definition) is 4. The van der Waals surface area contributed by atoms with Crippen LogP contribution in [0, 0.1) is 5.92 Å². The summed E-state index contributed by atoms with van der Waals surface area (Å²) < 4.78 is 0. The van der Waals surface area contributed by atoms with Crippen molar-refractivity contribution in [3.05, 3.63) is 70.7 Å². The molecular weight excluding hydrogens is 486 g/mol. The Hall–Kier alpha value is -3.38. The van der Waals surface area contributed by atoms with Gasteiger partial charge >= 0.3 is 0 Å². The summed E-state index contributed by atoms with van der Waals surface area (Å²) in [5.74, 6) is -0.157. The van der Waals surface area contributed by atoms with E-state index in [2.05, 4.69) is 5.32 Å². The van der Waals surface area contributed by atoms with Crippen molar-refractivity contribution in [1.29, 1.82) is 0 Å². The zero-order chi connectivity index (χ0) is 25.5. The van der Waals surface area contributed by atoms with Gasteiger partial charge in [-0.25, -0.2) is 4.90 Å². The minimum Gasteiger partial charge on any atom is -0.382 e. The highest BCUT2D eigenvalue weighted by Crippen LogP contribution is 2.37. The van der Waals surface area contributed by atoms with Gasteiger partial charge < -0.3 is 10.2 Å². The minimum absolute atomic E-state index is 0.209. The number of halogens is 1. The quantitative estimate of drug-likeness (QED) is 0.415. The first-order chi connectivity index (χ1) is 18.0. The van der Waals surface area contributed by atoms with Gasteiger partial charge in [-0.2, -0.15) is 0 Å². The summed E-state index contributed by atoms with van der Waals surface area (Å²) in [5, 5.41) is 5.67. The number of piperidine rings is 1. The van der Waals surface area contributed by atoms with Crippen molar-refractivity contribution in [3.8, 4) is 0 Å². The Morgan fingerprint density at radius 2 is 1.54 bits per heavy atom. The highest BCUT2D eigenvalue weighted by Gasteiger charge is 2.35. The summed E-state index contributed by atoms with van der Waals surface area (Å²) in [6, 6.07) is 16.4. The lowest BCUT2D eigenvalue weighted by Gasteiger charge is -2.36. The fourth-order valence-electron chi connectivity index (χ4n) is 6.14. The van der Waals surface area contributed by atoms with Crippen LogP contribution in [0.1, 0.15) is 65.7 Å². The number of carbonyl (C=O) groups is 3. The van der Waals surface area contributed by atoms with E-state index in [9.17, 15) is 14.4 Å². The molecule has 2 heterocycles. The van der Waals surface area contributed by atoms with E-state index in [1.807, 2.05) is 29.2 Å². The van der Waals surface area contributed by atoms with Crippen molar-refractivity contribution in [2.75, 3.05) is 23.3 Å². The van der Waals surface area contributed by atoms with E-state index in [0.717, 1.165) is 49.8 Å². The summed E-state index contributed by atoms with van der Waals surface area (Å²) in [4.78, 5) is 43.1. The van der Waals surface area contributed by atoms with Gasteiger partial charge in [0.2, 0.25) is 5.91 Å². The maximum absolute atomic E-state index is 13.5. The zero-order valence-electron chi connectivity index (χ0n) is 20.7. The molecule has 1 saturated carbocycles. The van der Waals surface area contributed by atoms with Crippen LogP contribution < -0.4 is 10.2 Å². The van der Waals surface area contributed by atoms with Crippen LogP contribution in [0.15, 0.2) is 54.6 Å². The Balaban J connectivity index is 1.22. The molecule has 2 aliphatic heterocycles. The molecule has 0 unspecified atom stereocenters. The molecular formula is C30H30ClN3O3. The van der Waals surface area contributed by atoms with Crippen molar-refractivity contribution in [1.82, 2.24) is 4.90 Å². The van der Waals surface area contributed by atoms with Gasteiger partial charge in [-0.15, -0.1) is 0 Å². The molecule has 6 rings (SSSR count). The Labute approximate surface area is 221 Å². The summed E-state index contributed by atoms with van der Waals surface area (Å²) in [7, 11) is 0. The molecule has 3 aromatic rings. The van der Waals surface area contributed by atoms with Crippen molar-refractivity contribution < 1.29 is 14.4 Å². The number of nitrogens with one attached hydrogen (secondary N) is 1. The van der Waals surface area contributed by atoms with Gasteiger partial charge in [-0.1, -0.05) is 49.1 Å². The number of carbonyl (C=O) groups excluding carboxylic acids is 3. The number of nitrogens with zero attached hydrogens (tertiary/aromatic N) is 2. The molecule has 3 aliphatic rings. The highest BCUT2D eigenvalue weighted by molar-refractivity contribution is 6.37. The van der Waals surface area contributed by atoms with Crippen molar-refractivity contribution in [2.45, 2.75) is 51.0 Å². The van der Waals surface area contributed by atoms with Gasteiger partial charge in [0.1, 0.15) is 0 Å². The molecule has 3 aromatic carbocycles. The number of rotatable bonds is 4. The maximum Gasteiger partial charge on any atom is 0.265 e. The van der Waals surface area contributed by atoms with Crippen molar-refractivity contribution in [2.24, 2.45) is 5.92 Å². The van der Waals surface area contributed by atoms with Crippen LogP contribution in [0.5, 0.6) is 0 Å². The average Bonchev–Trinajstić information content (AvgIpc) is 2.93. The molecule has 0 atom stereocenters. The fraction of sp³-hybridized carbons (Fsp3) is 0.367. The Morgan fingerprint density at radius 3 is 2.27 bits per heavy atom. The minimum atomic E-state index is -0.350. The van der Waals surface area contributed by atoms with Gasteiger partial charge in [0.05, 0.1) is 5.69 Å². The number of amides is 3. The van der Waals surface area contributed by atoms with Crippen LogP contribution in [-0.2, 0) is 4.79 Å². The normalized spacial score (nSPS) is 18.9. The number of anilines is 2. The SMILES string of the molecule is O=C(C1CCCCC1)N1CCC(Nc2ccc3c4c(cccc24)C(=O)N(c2cccc(Cl)c2)C3=O)CC1. The molecule has 1 saturated heterocycles. The second-order valence-corrected chi connectivity index (χ2v) is 10.8. The average molecular weight is 516 g/mol. The Kier molecular flexibility index (Phi) is 6.37. The lowest BCUT2D eigenvalue weighted by atomic mass is 9.87. The zero-order valence-corrected chi connectivity index (χ0v) is 21.5. The van der Waals surface area contributed by atoms with Crippen LogP contribution in [-0.4, -0.2) is 41.8 Å². The van der Waals surface area contributed by atoms with Crippen molar-refractivity contribution >= 4 is 51.5 Å². The van der Waals surface area contributed by atoms with Gasteiger partial charge in [0.15, 0.2) is 0 Å². The molecule has 37 heavy (non-hydrogen) atoms. The van der Waals surface area contributed by atoms with Crippen molar-refractivity contribution in [3.63, 3.8) is 0 Å². The lowest BCUT2D eigenvalue weighted by Crippen LogP contribution is -2.45. The molecule has 6 nitrogen and oxygen atoms in total. The topological polar surface area (TPSA) is 69.7 Å². The standard InChI is InChI=1S/C30H30ClN3O3/c31-20-8-4-9-22(18-20)34-29(36)24-11-5-10-23-26(13-12-25(27(23)24)30(34)37)32-21-14-16-33(17-15-21)28(35)19-6-2-1-3-7-19/h4-5,8-13,18-19,21,32H,1-3,6-7,14-17H2. The molecule has 0 radical (unpaired) electrons. The third-order valence-electron chi connectivity index (χ3n) is 8.09. The van der Waals surface area contributed by atoms with Crippen LogP contribution >= 0.6 is 11.6 Å². The van der Waals surface area contributed by atoms with Gasteiger partial charge in [-0.05, 0) is 62.1 Å². The predicted molar refractivity (Wildman–Crippen MR) is 146 cm³/mol. The van der Waals surface area contributed by atoms with Gasteiger partial charge in [-0.3, -0.25) is 14.4 Å². The highest BCUT2D eigenvalue weighted by atomic mass is 35.5. The first-order valence-electron chi connectivity index (χ1n) is 13.3. The van der Waals surface area contributed by atoms with E-state index < -0.39 is 0 Å². The van der Waals surface area contributed by atoms with E-state index in [1.165, 1.54) is 24.2 Å². The summed E-state index contributed by atoms with van der Waals surface area (Å²) in [6.07, 6.45) is 7.40. The van der Waals surface area contributed by atoms with Gasteiger partial charge in [0, 0.05) is 57.7 Å². The molecule has 7 heteroatoms. The van der Waals surface area contributed by atoms with Crippen LogP contribution in [0.4, 0.5) is 11.4 Å². The van der Waals surface area contributed by atoms with Crippen LogP contribution in [0.3, 0.4) is 0 Å². The molecule has 0 aromatic heterocycles. The summed E-state index contributed by atoms with van der Waals surface area (Å²) in [6.45, 7) is 1.53. The third-order valence-corrected chi connectivity index (χ3v) is 8.33. The maximum atomic E-state index is 13.5. The van der Waals surface area contributed by atoms with E-state index in [4.69, 9.17) is 11.6 Å². The number of benzene rings is 3. The molecule has 0 spiro atoms.